The highest BCUT2D eigenvalue weighted by Gasteiger charge is 2.25. The van der Waals surface area contributed by atoms with Crippen molar-refractivity contribution in [2.45, 2.75) is 32.7 Å². The Bertz CT molecular complexity index is 661. The lowest BCUT2D eigenvalue weighted by molar-refractivity contribution is 0.274. The van der Waals surface area contributed by atoms with E-state index in [1.165, 1.54) is 6.26 Å². The molecular formula is C16H28N4O3S. The van der Waals surface area contributed by atoms with Crippen molar-refractivity contribution in [2.75, 3.05) is 32.9 Å². The normalized spacial score (nSPS) is 19.2. The molecule has 2 N–H and O–H groups in total. The fourth-order valence-corrected chi connectivity index (χ4v) is 3.72. The minimum atomic E-state index is -3.06. The summed E-state index contributed by atoms with van der Waals surface area (Å²) >= 11 is 0. The zero-order chi connectivity index (χ0) is 17.7. The van der Waals surface area contributed by atoms with Gasteiger partial charge < -0.3 is 15.1 Å². The monoisotopic (exact) mass is 356 g/mol. The molecule has 1 unspecified atom stereocenters. The number of nitrogens with zero attached hydrogens (tertiary/aromatic N) is 2. The lowest BCUT2D eigenvalue weighted by Gasteiger charge is -2.30. The molecule has 1 fully saturated rings. The average molecular weight is 356 g/mol. The lowest BCUT2D eigenvalue weighted by Crippen LogP contribution is -2.44. The molecule has 2 rings (SSSR count). The molecule has 0 saturated carbocycles. The van der Waals surface area contributed by atoms with Crippen molar-refractivity contribution < 1.29 is 12.8 Å². The van der Waals surface area contributed by atoms with Gasteiger partial charge in [-0.2, -0.15) is 0 Å². The van der Waals surface area contributed by atoms with Gasteiger partial charge in [-0.3, -0.25) is 4.99 Å². The van der Waals surface area contributed by atoms with E-state index in [-0.39, 0.29) is 6.04 Å². The minimum absolute atomic E-state index is 0.0250. The molecule has 0 radical (unpaired) electrons. The van der Waals surface area contributed by atoms with Crippen LogP contribution in [0.1, 0.15) is 37.3 Å². The molecule has 7 nitrogen and oxygen atoms in total. The maximum Gasteiger partial charge on any atom is 0.211 e. The molecular weight excluding hydrogens is 328 g/mol. The number of nitrogens with one attached hydrogen (secondary N) is 2. The number of piperidine rings is 1. The Hall–Kier alpha value is -1.54. The van der Waals surface area contributed by atoms with Crippen LogP contribution in [0.4, 0.5) is 0 Å². The summed E-state index contributed by atoms with van der Waals surface area (Å²) in [5, 5.41) is 6.64. The van der Waals surface area contributed by atoms with Crippen LogP contribution in [0.2, 0.25) is 0 Å². The number of hydrogen-bond donors (Lipinski definition) is 2. The third kappa shape index (κ3) is 5.24. The highest BCUT2D eigenvalue weighted by molar-refractivity contribution is 7.88. The summed E-state index contributed by atoms with van der Waals surface area (Å²) in [6, 6.07) is 3.93. The summed E-state index contributed by atoms with van der Waals surface area (Å²) in [5.41, 5.74) is 0. The van der Waals surface area contributed by atoms with Gasteiger partial charge in [0.05, 0.1) is 12.3 Å². The van der Waals surface area contributed by atoms with E-state index in [9.17, 15) is 8.42 Å². The fraction of sp³-hybridized carbons (Fsp3) is 0.688. The molecule has 136 valence electrons. The quantitative estimate of drug-likeness (QED) is 0.616. The number of aliphatic imine (C=N–C) groups is 1. The second kappa shape index (κ2) is 8.02. The van der Waals surface area contributed by atoms with E-state index in [0.29, 0.717) is 19.0 Å². The number of sulfonamides is 1. The first-order chi connectivity index (χ1) is 11.3. The van der Waals surface area contributed by atoms with Crippen molar-refractivity contribution in [2.24, 2.45) is 10.9 Å². The Morgan fingerprint density at radius 1 is 1.42 bits per heavy atom. The summed E-state index contributed by atoms with van der Waals surface area (Å²) in [7, 11) is -1.33. The van der Waals surface area contributed by atoms with Crippen LogP contribution in [-0.2, 0) is 10.0 Å². The Balaban J connectivity index is 1.78. The van der Waals surface area contributed by atoms with E-state index in [1.807, 2.05) is 26.0 Å². The van der Waals surface area contributed by atoms with Crippen molar-refractivity contribution in [3.05, 3.63) is 23.7 Å². The topological polar surface area (TPSA) is 86.9 Å². The van der Waals surface area contributed by atoms with Crippen molar-refractivity contribution in [3.8, 4) is 0 Å². The van der Waals surface area contributed by atoms with E-state index in [2.05, 4.69) is 15.6 Å². The van der Waals surface area contributed by atoms with Gasteiger partial charge in [0.1, 0.15) is 11.5 Å². The maximum atomic E-state index is 11.5. The minimum Gasteiger partial charge on any atom is -0.464 e. The van der Waals surface area contributed by atoms with E-state index in [0.717, 1.165) is 36.9 Å². The standard InChI is InChI=1S/C16H28N4O3S/c1-12-5-6-15(23-12)13(2)19-16(17-3)18-11-14-7-9-20(10-8-14)24(4,21)22/h5-6,13-14H,7-11H2,1-4H3,(H2,17,18,19). The summed E-state index contributed by atoms with van der Waals surface area (Å²) in [4.78, 5) is 4.25. The smallest absolute Gasteiger partial charge is 0.211 e. The zero-order valence-corrected chi connectivity index (χ0v) is 15.7. The van der Waals surface area contributed by atoms with Gasteiger partial charge >= 0.3 is 0 Å². The fourth-order valence-electron chi connectivity index (χ4n) is 2.84. The number of aryl methyl sites for hydroxylation is 1. The van der Waals surface area contributed by atoms with Gasteiger partial charge in [-0.05, 0) is 44.7 Å². The molecule has 1 aliphatic heterocycles. The predicted octanol–water partition coefficient (Wildman–Crippen LogP) is 1.49. The van der Waals surface area contributed by atoms with Crippen LogP contribution in [0.5, 0.6) is 0 Å². The second-order valence-corrected chi connectivity index (χ2v) is 8.36. The molecule has 1 aromatic heterocycles. The molecule has 0 aliphatic carbocycles. The Morgan fingerprint density at radius 3 is 2.58 bits per heavy atom. The average Bonchev–Trinajstić information content (AvgIpc) is 2.97. The summed E-state index contributed by atoms with van der Waals surface area (Å²) in [6.45, 7) is 5.92. The van der Waals surface area contributed by atoms with Gasteiger partial charge in [-0.1, -0.05) is 0 Å². The molecule has 1 aliphatic rings. The van der Waals surface area contributed by atoms with Gasteiger partial charge in [-0.25, -0.2) is 12.7 Å². The van der Waals surface area contributed by atoms with Crippen LogP contribution in [0.25, 0.3) is 0 Å². The van der Waals surface area contributed by atoms with E-state index < -0.39 is 10.0 Å². The molecule has 0 amide bonds. The van der Waals surface area contributed by atoms with E-state index in [4.69, 9.17) is 4.42 Å². The largest absolute Gasteiger partial charge is 0.464 e. The molecule has 8 heteroatoms. The number of hydrogen-bond acceptors (Lipinski definition) is 4. The van der Waals surface area contributed by atoms with Gasteiger partial charge in [0, 0.05) is 26.7 Å². The van der Waals surface area contributed by atoms with Crippen molar-refractivity contribution in [1.29, 1.82) is 0 Å². The maximum absolute atomic E-state index is 11.5. The Kier molecular flexibility index (Phi) is 6.28. The van der Waals surface area contributed by atoms with Crippen LogP contribution in [0.15, 0.2) is 21.5 Å². The molecule has 2 heterocycles. The van der Waals surface area contributed by atoms with E-state index in [1.54, 1.807) is 11.4 Å². The first-order valence-corrected chi connectivity index (χ1v) is 10.1. The number of furan rings is 1. The molecule has 0 spiro atoms. The van der Waals surface area contributed by atoms with Crippen molar-refractivity contribution >= 4 is 16.0 Å². The third-order valence-corrected chi connectivity index (χ3v) is 5.67. The SMILES string of the molecule is CN=C(NCC1CCN(S(C)(=O)=O)CC1)NC(C)c1ccc(C)o1. The van der Waals surface area contributed by atoms with Crippen LogP contribution in [-0.4, -0.2) is 51.6 Å². The molecule has 1 atom stereocenters. The predicted molar refractivity (Wildman–Crippen MR) is 95.5 cm³/mol. The van der Waals surface area contributed by atoms with Crippen LogP contribution in [0, 0.1) is 12.8 Å². The van der Waals surface area contributed by atoms with Crippen molar-refractivity contribution in [3.63, 3.8) is 0 Å². The van der Waals surface area contributed by atoms with Crippen molar-refractivity contribution in [1.82, 2.24) is 14.9 Å². The lowest BCUT2D eigenvalue weighted by atomic mass is 9.98. The highest BCUT2D eigenvalue weighted by atomic mass is 32.2. The van der Waals surface area contributed by atoms with Gasteiger partial charge in [0.2, 0.25) is 10.0 Å². The second-order valence-electron chi connectivity index (χ2n) is 6.37. The van der Waals surface area contributed by atoms with Crippen LogP contribution in [0.3, 0.4) is 0 Å². The summed E-state index contributed by atoms with van der Waals surface area (Å²) in [5.74, 6) is 2.93. The van der Waals surface area contributed by atoms with Gasteiger partial charge in [0.25, 0.3) is 0 Å². The van der Waals surface area contributed by atoms with Gasteiger partial charge in [-0.15, -0.1) is 0 Å². The first kappa shape index (κ1) is 18.8. The van der Waals surface area contributed by atoms with Crippen LogP contribution >= 0.6 is 0 Å². The molecule has 0 aromatic carbocycles. The van der Waals surface area contributed by atoms with Gasteiger partial charge in [0.15, 0.2) is 5.96 Å². The van der Waals surface area contributed by atoms with E-state index >= 15 is 0 Å². The third-order valence-electron chi connectivity index (χ3n) is 4.37. The molecule has 1 saturated heterocycles. The van der Waals surface area contributed by atoms with Crippen LogP contribution < -0.4 is 10.6 Å². The number of guanidine groups is 1. The molecule has 24 heavy (non-hydrogen) atoms. The first-order valence-electron chi connectivity index (χ1n) is 8.28. The zero-order valence-electron chi connectivity index (χ0n) is 14.9. The Labute approximate surface area is 144 Å². The summed E-state index contributed by atoms with van der Waals surface area (Å²) in [6.07, 6.45) is 3.00. The Morgan fingerprint density at radius 2 is 2.08 bits per heavy atom. The molecule has 1 aromatic rings. The molecule has 0 bridgehead atoms. The highest BCUT2D eigenvalue weighted by Crippen LogP contribution is 2.18. The summed E-state index contributed by atoms with van der Waals surface area (Å²) < 4.78 is 30.2. The number of rotatable bonds is 5.